The molecule has 1 N–H and O–H groups in total. The van der Waals surface area contributed by atoms with Gasteiger partial charge in [-0.1, -0.05) is 0 Å². The molecule has 0 radical (unpaired) electrons. The SMILES string of the molecule is COCCCCNc1nn(C)cc1[N+](=O)[O-]. The molecule has 0 spiro atoms. The number of methoxy groups -OCH3 is 1. The van der Waals surface area contributed by atoms with E-state index in [-0.39, 0.29) is 5.69 Å². The number of hydrogen-bond donors (Lipinski definition) is 1. The third kappa shape index (κ3) is 3.50. The summed E-state index contributed by atoms with van der Waals surface area (Å²) in [5, 5.41) is 17.6. The summed E-state index contributed by atoms with van der Waals surface area (Å²) >= 11 is 0. The normalized spacial score (nSPS) is 10.4. The molecule has 90 valence electrons. The molecular formula is C9H16N4O3. The molecule has 0 aliphatic carbocycles. The van der Waals surface area contributed by atoms with Gasteiger partial charge >= 0.3 is 5.69 Å². The lowest BCUT2D eigenvalue weighted by atomic mass is 10.3. The Morgan fingerprint density at radius 3 is 3.00 bits per heavy atom. The molecule has 1 rings (SSSR count). The van der Waals surface area contributed by atoms with Gasteiger partial charge in [-0.15, -0.1) is 5.10 Å². The molecule has 0 saturated heterocycles. The number of nitro groups is 1. The number of ether oxygens (including phenoxy) is 1. The fourth-order valence-corrected chi connectivity index (χ4v) is 1.31. The fraction of sp³-hybridized carbons (Fsp3) is 0.667. The van der Waals surface area contributed by atoms with Crippen LogP contribution >= 0.6 is 0 Å². The Morgan fingerprint density at radius 2 is 2.38 bits per heavy atom. The molecule has 0 saturated carbocycles. The highest BCUT2D eigenvalue weighted by molar-refractivity contribution is 5.54. The third-order valence-corrected chi connectivity index (χ3v) is 2.07. The Kier molecular flexibility index (Phi) is 4.71. The summed E-state index contributed by atoms with van der Waals surface area (Å²) in [6.07, 6.45) is 3.20. The third-order valence-electron chi connectivity index (χ3n) is 2.07. The second-order valence-corrected chi connectivity index (χ2v) is 3.42. The standard InChI is InChI=1S/C9H16N4O3/c1-12-7-8(13(14)15)9(11-12)10-5-3-4-6-16-2/h7H,3-6H2,1-2H3,(H,10,11). The highest BCUT2D eigenvalue weighted by atomic mass is 16.6. The quantitative estimate of drug-likeness (QED) is 0.430. The molecule has 0 bridgehead atoms. The smallest absolute Gasteiger partial charge is 0.330 e. The molecule has 0 unspecified atom stereocenters. The molecular weight excluding hydrogens is 212 g/mol. The number of nitrogens with zero attached hydrogens (tertiary/aromatic N) is 3. The van der Waals surface area contributed by atoms with Gasteiger partial charge in [-0.2, -0.15) is 0 Å². The Hall–Kier alpha value is -1.63. The summed E-state index contributed by atoms with van der Waals surface area (Å²) in [4.78, 5) is 10.2. The average molecular weight is 228 g/mol. The molecule has 0 amide bonds. The summed E-state index contributed by atoms with van der Waals surface area (Å²) in [6, 6.07) is 0. The maximum atomic E-state index is 10.7. The topological polar surface area (TPSA) is 82.2 Å². The summed E-state index contributed by atoms with van der Waals surface area (Å²) < 4.78 is 6.33. The van der Waals surface area contributed by atoms with Gasteiger partial charge in [0.25, 0.3) is 0 Å². The second-order valence-electron chi connectivity index (χ2n) is 3.42. The maximum absolute atomic E-state index is 10.7. The predicted octanol–water partition coefficient (Wildman–Crippen LogP) is 1.17. The minimum Gasteiger partial charge on any atom is -0.385 e. The number of rotatable bonds is 7. The van der Waals surface area contributed by atoms with Crippen molar-refractivity contribution < 1.29 is 9.66 Å². The Balaban J connectivity index is 2.44. The number of aromatic nitrogens is 2. The zero-order valence-electron chi connectivity index (χ0n) is 9.47. The number of nitrogens with one attached hydrogen (secondary N) is 1. The van der Waals surface area contributed by atoms with Crippen LogP contribution in [-0.4, -0.2) is 35.0 Å². The first-order valence-electron chi connectivity index (χ1n) is 5.06. The van der Waals surface area contributed by atoms with E-state index in [1.165, 1.54) is 10.9 Å². The second kappa shape index (κ2) is 6.06. The van der Waals surface area contributed by atoms with E-state index in [1.807, 2.05) is 0 Å². The predicted molar refractivity (Wildman–Crippen MR) is 59.5 cm³/mol. The van der Waals surface area contributed by atoms with Crippen LogP contribution in [0.25, 0.3) is 0 Å². The molecule has 16 heavy (non-hydrogen) atoms. The molecule has 1 aromatic rings. The van der Waals surface area contributed by atoms with Crippen molar-refractivity contribution >= 4 is 11.5 Å². The fourth-order valence-electron chi connectivity index (χ4n) is 1.31. The van der Waals surface area contributed by atoms with E-state index >= 15 is 0 Å². The van der Waals surface area contributed by atoms with Crippen molar-refractivity contribution in [2.75, 3.05) is 25.6 Å². The first-order valence-corrected chi connectivity index (χ1v) is 5.06. The molecule has 0 fully saturated rings. The van der Waals surface area contributed by atoms with Gasteiger partial charge in [0.2, 0.25) is 5.82 Å². The first kappa shape index (κ1) is 12.4. The van der Waals surface area contributed by atoms with Crippen LogP contribution in [0.5, 0.6) is 0 Å². The van der Waals surface area contributed by atoms with Gasteiger partial charge in [-0.05, 0) is 12.8 Å². The number of anilines is 1. The van der Waals surface area contributed by atoms with Crippen molar-refractivity contribution in [3.05, 3.63) is 16.3 Å². The lowest BCUT2D eigenvalue weighted by Crippen LogP contribution is -2.05. The van der Waals surface area contributed by atoms with E-state index in [9.17, 15) is 10.1 Å². The summed E-state index contributed by atoms with van der Waals surface area (Å²) in [5.74, 6) is 0.324. The van der Waals surface area contributed by atoms with Gasteiger partial charge in [0.05, 0.1) is 4.92 Å². The zero-order chi connectivity index (χ0) is 12.0. The molecule has 0 aromatic carbocycles. The van der Waals surface area contributed by atoms with Crippen LogP contribution in [0.3, 0.4) is 0 Å². The Morgan fingerprint density at radius 1 is 1.62 bits per heavy atom. The van der Waals surface area contributed by atoms with Crippen LogP contribution < -0.4 is 5.32 Å². The van der Waals surface area contributed by atoms with Crippen LogP contribution in [0, 0.1) is 10.1 Å². The lowest BCUT2D eigenvalue weighted by Gasteiger charge is -2.02. The van der Waals surface area contributed by atoms with Crippen molar-refractivity contribution in [3.8, 4) is 0 Å². The van der Waals surface area contributed by atoms with Gasteiger partial charge < -0.3 is 10.1 Å². The average Bonchev–Trinajstić information content (AvgIpc) is 2.59. The lowest BCUT2D eigenvalue weighted by molar-refractivity contribution is -0.384. The van der Waals surface area contributed by atoms with Crippen molar-refractivity contribution in [2.45, 2.75) is 12.8 Å². The van der Waals surface area contributed by atoms with E-state index in [0.29, 0.717) is 19.0 Å². The Bertz CT molecular complexity index is 351. The summed E-state index contributed by atoms with van der Waals surface area (Å²) in [6.45, 7) is 1.35. The highest BCUT2D eigenvalue weighted by Gasteiger charge is 2.17. The monoisotopic (exact) mass is 228 g/mol. The van der Waals surface area contributed by atoms with E-state index in [1.54, 1.807) is 14.2 Å². The van der Waals surface area contributed by atoms with Gasteiger partial charge in [0.1, 0.15) is 6.20 Å². The van der Waals surface area contributed by atoms with E-state index < -0.39 is 4.92 Å². The summed E-state index contributed by atoms with van der Waals surface area (Å²) in [5.41, 5.74) is 0.00856. The van der Waals surface area contributed by atoms with E-state index in [4.69, 9.17) is 4.74 Å². The minimum atomic E-state index is -0.440. The van der Waals surface area contributed by atoms with Gasteiger partial charge in [-0.25, -0.2) is 0 Å². The van der Waals surface area contributed by atoms with Gasteiger partial charge in [0.15, 0.2) is 0 Å². The molecule has 0 aliphatic rings. The van der Waals surface area contributed by atoms with E-state index in [0.717, 1.165) is 12.8 Å². The van der Waals surface area contributed by atoms with E-state index in [2.05, 4.69) is 10.4 Å². The Labute approximate surface area is 93.5 Å². The summed E-state index contributed by atoms with van der Waals surface area (Å²) in [7, 11) is 3.31. The maximum Gasteiger partial charge on any atom is 0.330 e. The molecule has 1 aromatic heterocycles. The first-order chi connectivity index (χ1) is 7.65. The molecule has 1 heterocycles. The van der Waals surface area contributed by atoms with Crippen molar-refractivity contribution in [2.24, 2.45) is 7.05 Å². The number of hydrogen-bond acceptors (Lipinski definition) is 5. The van der Waals surface area contributed by atoms with Gasteiger partial charge in [0, 0.05) is 27.3 Å². The minimum absolute atomic E-state index is 0.00856. The largest absolute Gasteiger partial charge is 0.385 e. The zero-order valence-corrected chi connectivity index (χ0v) is 9.47. The number of aryl methyl sites for hydroxylation is 1. The van der Waals surface area contributed by atoms with Crippen LogP contribution in [0.2, 0.25) is 0 Å². The molecule has 0 aliphatic heterocycles. The van der Waals surface area contributed by atoms with Crippen LogP contribution in [0.1, 0.15) is 12.8 Å². The molecule has 0 atom stereocenters. The molecule has 7 heteroatoms. The molecule has 7 nitrogen and oxygen atoms in total. The number of unbranched alkanes of at least 4 members (excludes halogenated alkanes) is 1. The van der Waals surface area contributed by atoms with Crippen LogP contribution in [0.4, 0.5) is 11.5 Å². The highest BCUT2D eigenvalue weighted by Crippen LogP contribution is 2.21. The van der Waals surface area contributed by atoms with Crippen LogP contribution in [0.15, 0.2) is 6.20 Å². The van der Waals surface area contributed by atoms with Crippen molar-refractivity contribution in [1.82, 2.24) is 9.78 Å². The van der Waals surface area contributed by atoms with Crippen molar-refractivity contribution in [1.29, 1.82) is 0 Å². The van der Waals surface area contributed by atoms with Crippen LogP contribution in [-0.2, 0) is 11.8 Å². The van der Waals surface area contributed by atoms with Crippen molar-refractivity contribution in [3.63, 3.8) is 0 Å². The van der Waals surface area contributed by atoms with Gasteiger partial charge in [-0.3, -0.25) is 14.8 Å².